The number of rotatable bonds is 4. The smallest absolute Gasteiger partial charge is 0.492 e. The van der Waals surface area contributed by atoms with Crippen molar-refractivity contribution in [2.24, 2.45) is 0 Å². The van der Waals surface area contributed by atoms with E-state index in [9.17, 15) is 18.5 Å². The summed E-state index contributed by atoms with van der Waals surface area (Å²) in [4.78, 5) is 0.0540. The molecule has 0 unspecified atom stereocenters. The van der Waals surface area contributed by atoms with Crippen LogP contribution in [-0.2, 0) is 10.0 Å². The number of sulfonamides is 1. The molecule has 0 spiro atoms. The van der Waals surface area contributed by atoms with Crippen LogP contribution in [-0.4, -0.2) is 50.1 Å². The van der Waals surface area contributed by atoms with Gasteiger partial charge < -0.3 is 14.8 Å². The molecule has 1 heterocycles. The monoisotopic (exact) mass is 285 g/mol. The van der Waals surface area contributed by atoms with Crippen molar-refractivity contribution >= 4 is 22.6 Å². The van der Waals surface area contributed by atoms with E-state index in [0.29, 0.717) is 13.1 Å². The topological polar surface area (TPSA) is 87.1 Å². The van der Waals surface area contributed by atoms with Crippen LogP contribution in [0.2, 0.25) is 0 Å². The highest BCUT2D eigenvalue weighted by molar-refractivity contribution is 7.89. The van der Waals surface area contributed by atoms with Gasteiger partial charge in [0.25, 0.3) is 0 Å². The van der Waals surface area contributed by atoms with E-state index in [1.165, 1.54) is 29.6 Å². The number of hydrogen-bond acceptors (Lipinski definition) is 5. The molecule has 1 fully saturated rings. The van der Waals surface area contributed by atoms with E-state index in [1.807, 2.05) is 0 Å². The average molecular weight is 285 g/mol. The zero-order chi connectivity index (χ0) is 14.0. The first-order valence-electron chi connectivity index (χ1n) is 6.01. The molecule has 0 radical (unpaired) electrons. The molecule has 1 aliphatic rings. The zero-order valence-corrected chi connectivity index (χ0v) is 11.4. The van der Waals surface area contributed by atoms with Crippen molar-refractivity contribution in [2.75, 3.05) is 20.2 Å². The van der Waals surface area contributed by atoms with Crippen LogP contribution in [0.3, 0.4) is 0 Å². The number of hydrogen-bond donors (Lipinski definition) is 2. The Bertz CT molecular complexity index is 554. The number of benzene rings is 1. The largest absolute Gasteiger partial charge is 0.497 e. The highest BCUT2D eigenvalue weighted by Gasteiger charge is 2.29. The van der Waals surface area contributed by atoms with Gasteiger partial charge in [0.2, 0.25) is 10.0 Å². The Morgan fingerprint density at radius 3 is 2.42 bits per heavy atom. The molecule has 2 rings (SSSR count). The summed E-state index contributed by atoms with van der Waals surface area (Å²) in [5.74, 6) is 0.246. The molecule has 6 nitrogen and oxygen atoms in total. The van der Waals surface area contributed by atoms with Gasteiger partial charge in [-0.05, 0) is 31.0 Å². The summed E-state index contributed by atoms with van der Waals surface area (Å²) in [7, 11) is -3.95. The van der Waals surface area contributed by atoms with Crippen molar-refractivity contribution in [3.05, 3.63) is 18.2 Å². The fourth-order valence-electron chi connectivity index (χ4n) is 2.15. The summed E-state index contributed by atoms with van der Waals surface area (Å²) < 4.78 is 31.0. The van der Waals surface area contributed by atoms with E-state index < -0.39 is 17.1 Å². The van der Waals surface area contributed by atoms with Crippen LogP contribution in [0.5, 0.6) is 5.75 Å². The van der Waals surface area contributed by atoms with Crippen molar-refractivity contribution in [1.82, 2.24) is 4.31 Å². The Morgan fingerprint density at radius 2 is 1.89 bits per heavy atom. The van der Waals surface area contributed by atoms with Gasteiger partial charge in [-0.25, -0.2) is 8.42 Å². The molecule has 0 atom stereocenters. The van der Waals surface area contributed by atoms with Crippen LogP contribution in [0.25, 0.3) is 0 Å². The van der Waals surface area contributed by atoms with Crippen LogP contribution >= 0.6 is 0 Å². The summed E-state index contributed by atoms with van der Waals surface area (Å²) in [5, 5.41) is 18.5. The number of ether oxygens (including phenoxy) is 1. The van der Waals surface area contributed by atoms with Crippen molar-refractivity contribution < 1.29 is 23.2 Å². The van der Waals surface area contributed by atoms with Gasteiger partial charge >= 0.3 is 7.12 Å². The molecule has 104 valence electrons. The van der Waals surface area contributed by atoms with E-state index in [1.54, 1.807) is 0 Å². The maximum atomic E-state index is 12.3. The van der Waals surface area contributed by atoms with Crippen molar-refractivity contribution in [3.8, 4) is 5.75 Å². The second-order valence-electron chi connectivity index (χ2n) is 4.39. The molecule has 2 N–H and O–H groups in total. The molecule has 8 heteroatoms. The second-order valence-corrected chi connectivity index (χ2v) is 6.33. The van der Waals surface area contributed by atoms with E-state index in [-0.39, 0.29) is 16.1 Å². The first-order valence-corrected chi connectivity index (χ1v) is 7.45. The lowest BCUT2D eigenvalue weighted by molar-refractivity contribution is 0.402. The molecule has 0 bridgehead atoms. The van der Waals surface area contributed by atoms with Gasteiger partial charge in [0.1, 0.15) is 5.75 Å². The molecule has 1 aromatic carbocycles. The first kappa shape index (κ1) is 14.3. The third-order valence-electron chi connectivity index (χ3n) is 3.18. The predicted molar refractivity (Wildman–Crippen MR) is 70.8 cm³/mol. The van der Waals surface area contributed by atoms with Gasteiger partial charge in [0.05, 0.1) is 12.0 Å². The third kappa shape index (κ3) is 2.76. The molecular weight excluding hydrogens is 269 g/mol. The highest BCUT2D eigenvalue weighted by Crippen LogP contribution is 2.22. The van der Waals surface area contributed by atoms with Crippen molar-refractivity contribution in [3.63, 3.8) is 0 Å². The van der Waals surface area contributed by atoms with Crippen molar-refractivity contribution in [1.29, 1.82) is 0 Å². The standard InChI is InChI=1S/C11H16BNO5S/c1-18-11-5-4-9(8-10(11)12(14)15)19(16,17)13-6-2-3-7-13/h4-5,8,14-15H,2-3,6-7H2,1H3. The predicted octanol–water partition coefficient (Wildman–Crippen LogP) is -0.841. The van der Waals surface area contributed by atoms with Crippen LogP contribution in [0.1, 0.15) is 12.8 Å². The summed E-state index contributed by atoms with van der Waals surface area (Å²) >= 11 is 0. The minimum Gasteiger partial charge on any atom is -0.497 e. The highest BCUT2D eigenvalue weighted by atomic mass is 32.2. The Kier molecular flexibility index (Phi) is 4.15. The summed E-state index contributed by atoms with van der Waals surface area (Å²) in [6.07, 6.45) is 1.70. The summed E-state index contributed by atoms with van der Waals surface area (Å²) in [6.45, 7) is 1.01. The van der Waals surface area contributed by atoms with E-state index in [4.69, 9.17) is 4.74 Å². The third-order valence-corrected chi connectivity index (χ3v) is 5.08. The van der Waals surface area contributed by atoms with Crippen LogP contribution in [0.4, 0.5) is 0 Å². The van der Waals surface area contributed by atoms with Gasteiger partial charge in [-0.15, -0.1) is 0 Å². The Balaban J connectivity index is 2.42. The Labute approximate surface area is 112 Å². The molecule has 1 aromatic rings. The second kappa shape index (κ2) is 5.50. The van der Waals surface area contributed by atoms with Gasteiger partial charge in [-0.2, -0.15) is 4.31 Å². The zero-order valence-electron chi connectivity index (χ0n) is 10.6. The fourth-order valence-corrected chi connectivity index (χ4v) is 3.71. The molecule has 0 aromatic heterocycles. The minimum atomic E-state index is -3.56. The lowest BCUT2D eigenvalue weighted by Crippen LogP contribution is -2.33. The van der Waals surface area contributed by atoms with E-state index in [0.717, 1.165) is 12.8 Å². The van der Waals surface area contributed by atoms with Crippen molar-refractivity contribution in [2.45, 2.75) is 17.7 Å². The van der Waals surface area contributed by atoms with Gasteiger partial charge in [-0.3, -0.25) is 0 Å². The first-order chi connectivity index (χ1) is 8.96. The average Bonchev–Trinajstić information content (AvgIpc) is 2.92. The molecule has 19 heavy (non-hydrogen) atoms. The van der Waals surface area contributed by atoms with E-state index >= 15 is 0 Å². The minimum absolute atomic E-state index is 0.0442. The normalized spacial score (nSPS) is 16.6. The lowest BCUT2D eigenvalue weighted by Gasteiger charge is -2.17. The van der Waals surface area contributed by atoms with Crippen LogP contribution in [0, 0.1) is 0 Å². The maximum Gasteiger partial charge on any atom is 0.492 e. The molecule has 0 aliphatic carbocycles. The van der Waals surface area contributed by atoms with Gasteiger partial charge in [0.15, 0.2) is 0 Å². The fraction of sp³-hybridized carbons (Fsp3) is 0.455. The van der Waals surface area contributed by atoms with Gasteiger partial charge in [-0.1, -0.05) is 0 Å². The van der Waals surface area contributed by atoms with Gasteiger partial charge in [0, 0.05) is 18.6 Å². The Morgan fingerprint density at radius 1 is 1.26 bits per heavy atom. The lowest BCUT2D eigenvalue weighted by atomic mass is 9.79. The molecule has 0 amide bonds. The number of nitrogens with zero attached hydrogens (tertiary/aromatic N) is 1. The quantitative estimate of drug-likeness (QED) is 0.704. The number of methoxy groups -OCH3 is 1. The molecule has 1 aliphatic heterocycles. The van der Waals surface area contributed by atoms with Crippen LogP contribution < -0.4 is 10.2 Å². The SMILES string of the molecule is COc1ccc(S(=O)(=O)N2CCCC2)cc1B(O)O. The molecular formula is C11H16BNO5S. The van der Waals surface area contributed by atoms with Crippen LogP contribution in [0.15, 0.2) is 23.1 Å². The Hall–Kier alpha value is -1.09. The van der Waals surface area contributed by atoms with E-state index in [2.05, 4.69) is 0 Å². The summed E-state index contributed by atoms with van der Waals surface area (Å²) in [6, 6.07) is 4.09. The molecule has 0 saturated carbocycles. The maximum absolute atomic E-state index is 12.3. The molecule has 1 saturated heterocycles. The summed E-state index contributed by atoms with van der Waals surface area (Å²) in [5.41, 5.74) is 0.0442.